The van der Waals surface area contributed by atoms with Crippen molar-refractivity contribution in [2.75, 3.05) is 7.11 Å². The third kappa shape index (κ3) is 1.57. The molecule has 0 spiro atoms. The third-order valence-corrected chi connectivity index (χ3v) is 2.79. The number of hydrogen-bond donors (Lipinski definition) is 0. The normalized spacial score (nSPS) is 44.7. The van der Waals surface area contributed by atoms with Crippen LogP contribution in [0.4, 0.5) is 0 Å². The predicted octanol–water partition coefficient (Wildman–Crippen LogP) is 2.04. The van der Waals surface area contributed by atoms with Crippen LogP contribution in [0.3, 0.4) is 0 Å². The quantitative estimate of drug-likeness (QED) is 0.612. The van der Waals surface area contributed by atoms with Gasteiger partial charge >= 0.3 is 0 Å². The molecule has 0 radical (unpaired) electrons. The van der Waals surface area contributed by atoms with Gasteiger partial charge in [0.05, 0.1) is 6.10 Å². The van der Waals surface area contributed by atoms with E-state index in [9.17, 15) is 0 Å². The van der Waals surface area contributed by atoms with Gasteiger partial charge in [-0.25, -0.2) is 0 Å². The summed E-state index contributed by atoms with van der Waals surface area (Å²) in [5.74, 6) is 1.16. The van der Waals surface area contributed by atoms with Gasteiger partial charge in [0.25, 0.3) is 0 Å². The van der Waals surface area contributed by atoms with Crippen molar-refractivity contribution < 1.29 is 9.47 Å². The Morgan fingerprint density at radius 1 is 1.27 bits per heavy atom. The highest BCUT2D eigenvalue weighted by Gasteiger charge is 2.37. The average Bonchev–Trinajstić information content (AvgIpc) is 2.30. The molecule has 2 unspecified atom stereocenters. The monoisotopic (exact) mass is 158 g/mol. The number of hydrogen-bond acceptors (Lipinski definition) is 2. The van der Waals surface area contributed by atoms with Crippen LogP contribution in [0.15, 0.2) is 0 Å². The van der Waals surface area contributed by atoms with Crippen LogP contribution in [0.1, 0.15) is 27.2 Å². The molecule has 0 saturated carbocycles. The fourth-order valence-corrected chi connectivity index (χ4v) is 1.74. The molecule has 1 fully saturated rings. The Bertz CT molecular complexity index is 107. The number of ether oxygens (including phenoxy) is 2. The van der Waals surface area contributed by atoms with Crippen molar-refractivity contribution in [3.05, 3.63) is 0 Å². The van der Waals surface area contributed by atoms with Crippen molar-refractivity contribution in [3.63, 3.8) is 0 Å². The van der Waals surface area contributed by atoms with Crippen LogP contribution in [0.5, 0.6) is 0 Å². The van der Waals surface area contributed by atoms with Gasteiger partial charge in [-0.05, 0) is 12.3 Å². The maximum Gasteiger partial charge on any atom is 0.160 e. The Morgan fingerprint density at radius 2 is 1.91 bits per heavy atom. The van der Waals surface area contributed by atoms with Crippen molar-refractivity contribution in [2.24, 2.45) is 11.8 Å². The molecule has 0 aliphatic carbocycles. The highest BCUT2D eigenvalue weighted by Crippen LogP contribution is 2.33. The van der Waals surface area contributed by atoms with E-state index >= 15 is 0 Å². The van der Waals surface area contributed by atoms with Gasteiger partial charge in [-0.15, -0.1) is 0 Å². The first kappa shape index (κ1) is 9.01. The minimum atomic E-state index is 0.0231. The summed E-state index contributed by atoms with van der Waals surface area (Å²) in [7, 11) is 1.71. The summed E-state index contributed by atoms with van der Waals surface area (Å²) < 4.78 is 10.9. The smallest absolute Gasteiger partial charge is 0.160 e. The van der Waals surface area contributed by atoms with Gasteiger partial charge in [-0.2, -0.15) is 0 Å². The summed E-state index contributed by atoms with van der Waals surface area (Å²) >= 11 is 0. The molecule has 1 saturated heterocycles. The fraction of sp³-hybridized carbons (Fsp3) is 1.00. The SMILES string of the molecule is CC[C@H]1OC(OC)[C@@H](C)C1C. The van der Waals surface area contributed by atoms with E-state index in [1.54, 1.807) is 7.11 Å². The molecule has 1 heterocycles. The first-order chi connectivity index (χ1) is 5.20. The highest BCUT2D eigenvalue weighted by molar-refractivity contribution is 4.80. The molecular weight excluding hydrogens is 140 g/mol. The zero-order valence-electron chi connectivity index (χ0n) is 7.83. The second kappa shape index (κ2) is 3.55. The van der Waals surface area contributed by atoms with E-state index in [2.05, 4.69) is 20.8 Å². The van der Waals surface area contributed by atoms with Gasteiger partial charge in [-0.1, -0.05) is 20.8 Å². The molecular formula is C9H18O2. The van der Waals surface area contributed by atoms with E-state index in [0.717, 1.165) is 6.42 Å². The molecule has 2 nitrogen and oxygen atoms in total. The van der Waals surface area contributed by atoms with Crippen molar-refractivity contribution in [1.29, 1.82) is 0 Å². The zero-order chi connectivity index (χ0) is 8.43. The van der Waals surface area contributed by atoms with Crippen LogP contribution in [0.2, 0.25) is 0 Å². The summed E-state index contributed by atoms with van der Waals surface area (Å²) in [6.45, 7) is 6.58. The van der Waals surface area contributed by atoms with Crippen LogP contribution in [-0.4, -0.2) is 19.5 Å². The largest absolute Gasteiger partial charge is 0.356 e. The molecule has 1 aliphatic rings. The second-order valence-electron chi connectivity index (χ2n) is 3.41. The highest BCUT2D eigenvalue weighted by atomic mass is 16.7. The molecule has 0 aromatic carbocycles. The van der Waals surface area contributed by atoms with Crippen molar-refractivity contribution >= 4 is 0 Å². The molecule has 0 amide bonds. The number of methoxy groups -OCH3 is 1. The van der Waals surface area contributed by atoms with Crippen LogP contribution >= 0.6 is 0 Å². The molecule has 2 heteroatoms. The van der Waals surface area contributed by atoms with E-state index in [0.29, 0.717) is 17.9 Å². The van der Waals surface area contributed by atoms with E-state index in [4.69, 9.17) is 9.47 Å². The first-order valence-corrected chi connectivity index (χ1v) is 4.39. The van der Waals surface area contributed by atoms with Crippen molar-refractivity contribution in [1.82, 2.24) is 0 Å². The molecule has 1 rings (SSSR count). The first-order valence-electron chi connectivity index (χ1n) is 4.39. The Labute approximate surface area is 68.9 Å². The van der Waals surface area contributed by atoms with Crippen LogP contribution < -0.4 is 0 Å². The molecule has 1 aliphatic heterocycles. The molecule has 11 heavy (non-hydrogen) atoms. The van der Waals surface area contributed by atoms with Gasteiger partial charge in [0.15, 0.2) is 6.29 Å². The maximum absolute atomic E-state index is 5.66. The minimum absolute atomic E-state index is 0.0231. The Kier molecular flexibility index (Phi) is 2.90. The van der Waals surface area contributed by atoms with Gasteiger partial charge in [-0.3, -0.25) is 0 Å². The molecule has 0 aromatic heterocycles. The predicted molar refractivity (Wildman–Crippen MR) is 44.3 cm³/mol. The third-order valence-electron chi connectivity index (χ3n) is 2.79. The number of rotatable bonds is 2. The molecule has 0 bridgehead atoms. The summed E-state index contributed by atoms with van der Waals surface area (Å²) in [4.78, 5) is 0. The van der Waals surface area contributed by atoms with Gasteiger partial charge in [0.2, 0.25) is 0 Å². The van der Waals surface area contributed by atoms with Crippen molar-refractivity contribution in [3.8, 4) is 0 Å². The van der Waals surface area contributed by atoms with Gasteiger partial charge in [0.1, 0.15) is 0 Å². The molecule has 0 N–H and O–H groups in total. The van der Waals surface area contributed by atoms with Crippen LogP contribution in [0, 0.1) is 11.8 Å². The molecule has 66 valence electrons. The van der Waals surface area contributed by atoms with E-state index in [1.165, 1.54) is 0 Å². The maximum atomic E-state index is 5.66. The summed E-state index contributed by atoms with van der Waals surface area (Å²) in [6, 6.07) is 0. The van der Waals surface area contributed by atoms with Crippen LogP contribution in [0.25, 0.3) is 0 Å². The molecule has 0 aromatic rings. The minimum Gasteiger partial charge on any atom is -0.356 e. The zero-order valence-corrected chi connectivity index (χ0v) is 7.83. The Hall–Kier alpha value is -0.0800. The average molecular weight is 158 g/mol. The van der Waals surface area contributed by atoms with Gasteiger partial charge in [0, 0.05) is 13.0 Å². The Morgan fingerprint density at radius 3 is 2.18 bits per heavy atom. The lowest BCUT2D eigenvalue weighted by Crippen LogP contribution is -2.17. The summed E-state index contributed by atoms with van der Waals surface area (Å²) in [5.41, 5.74) is 0. The van der Waals surface area contributed by atoms with Crippen LogP contribution in [-0.2, 0) is 9.47 Å². The van der Waals surface area contributed by atoms with Gasteiger partial charge < -0.3 is 9.47 Å². The summed E-state index contributed by atoms with van der Waals surface area (Å²) in [6.07, 6.45) is 1.51. The molecule has 4 atom stereocenters. The second-order valence-corrected chi connectivity index (χ2v) is 3.41. The van der Waals surface area contributed by atoms with E-state index in [1.807, 2.05) is 0 Å². The summed E-state index contributed by atoms with van der Waals surface area (Å²) in [5, 5.41) is 0. The van der Waals surface area contributed by atoms with E-state index < -0.39 is 0 Å². The lowest BCUT2D eigenvalue weighted by molar-refractivity contribution is -0.129. The Balaban J connectivity index is 2.53. The lowest BCUT2D eigenvalue weighted by Gasteiger charge is -2.13. The standard InChI is InChI=1S/C9H18O2/c1-5-8-6(2)7(3)9(10-4)11-8/h6-9H,5H2,1-4H3/t6?,7-,8+,9?/m0/s1. The van der Waals surface area contributed by atoms with E-state index in [-0.39, 0.29) is 6.29 Å². The lowest BCUT2D eigenvalue weighted by atomic mass is 9.92. The topological polar surface area (TPSA) is 18.5 Å². The fourth-order valence-electron chi connectivity index (χ4n) is 1.74. The van der Waals surface area contributed by atoms with Crippen molar-refractivity contribution in [2.45, 2.75) is 39.6 Å².